The highest BCUT2D eigenvalue weighted by Gasteiger charge is 2.16. The molecule has 6 nitrogen and oxygen atoms in total. The van der Waals surface area contributed by atoms with Crippen LogP contribution >= 0.6 is 11.3 Å². The summed E-state index contributed by atoms with van der Waals surface area (Å²) in [7, 11) is 0. The van der Waals surface area contributed by atoms with Gasteiger partial charge in [-0.1, -0.05) is 36.4 Å². The molecule has 0 saturated carbocycles. The van der Waals surface area contributed by atoms with Crippen LogP contribution < -0.4 is 5.69 Å². The van der Waals surface area contributed by atoms with E-state index in [0.717, 1.165) is 10.4 Å². The number of aliphatic hydroxyl groups excluding tert-OH is 1. The normalized spacial score (nSPS) is 12.6. The summed E-state index contributed by atoms with van der Waals surface area (Å²) >= 11 is 1.53. The largest absolute Gasteiger partial charge is 0.386 e. The molecule has 0 saturated heterocycles. The Kier molecular flexibility index (Phi) is 5.02. The van der Waals surface area contributed by atoms with Gasteiger partial charge in [-0.05, 0) is 17.0 Å². The number of nitrogens with one attached hydrogen (secondary N) is 2. The van der Waals surface area contributed by atoms with Crippen molar-refractivity contribution >= 4 is 11.3 Å². The third-order valence-corrected chi connectivity index (χ3v) is 4.45. The van der Waals surface area contributed by atoms with E-state index >= 15 is 0 Å². The number of benzene rings is 1. The summed E-state index contributed by atoms with van der Waals surface area (Å²) in [6, 6.07) is 13.9. The first-order valence-corrected chi connectivity index (χ1v) is 8.20. The molecule has 120 valence electrons. The second-order valence-electron chi connectivity index (χ2n) is 5.31. The average molecular weight is 330 g/mol. The summed E-state index contributed by atoms with van der Waals surface area (Å²) in [6.45, 7) is 1.58. The molecule has 0 spiro atoms. The number of nitrogens with zero attached hydrogens (tertiary/aromatic N) is 2. The van der Waals surface area contributed by atoms with Crippen LogP contribution in [0.1, 0.15) is 22.4 Å². The average Bonchev–Trinajstić information content (AvgIpc) is 3.20. The maximum absolute atomic E-state index is 11.2. The van der Waals surface area contributed by atoms with Crippen LogP contribution in [-0.2, 0) is 13.1 Å². The first-order chi connectivity index (χ1) is 11.2. The lowest BCUT2D eigenvalue weighted by Gasteiger charge is -2.23. The van der Waals surface area contributed by atoms with Crippen molar-refractivity contribution in [2.45, 2.75) is 19.2 Å². The lowest BCUT2D eigenvalue weighted by Crippen LogP contribution is -2.28. The topological polar surface area (TPSA) is 85.0 Å². The van der Waals surface area contributed by atoms with Gasteiger partial charge in [0.25, 0.3) is 0 Å². The number of hydrogen-bond acceptors (Lipinski definition) is 5. The monoisotopic (exact) mass is 330 g/mol. The van der Waals surface area contributed by atoms with Gasteiger partial charge in [-0.3, -0.25) is 9.88 Å². The maximum Gasteiger partial charge on any atom is 0.340 e. The molecule has 23 heavy (non-hydrogen) atoms. The number of aromatic amines is 2. The predicted octanol–water partition coefficient (Wildman–Crippen LogP) is 1.90. The number of thiophene rings is 1. The Morgan fingerprint density at radius 2 is 2.00 bits per heavy atom. The quantitative estimate of drug-likeness (QED) is 0.618. The molecular weight excluding hydrogens is 312 g/mol. The van der Waals surface area contributed by atoms with Gasteiger partial charge < -0.3 is 5.11 Å². The molecule has 0 aliphatic heterocycles. The summed E-state index contributed by atoms with van der Waals surface area (Å²) < 4.78 is 0. The van der Waals surface area contributed by atoms with E-state index in [0.29, 0.717) is 25.5 Å². The minimum atomic E-state index is -0.565. The fraction of sp³-hybridized carbons (Fsp3) is 0.250. The van der Waals surface area contributed by atoms with E-state index < -0.39 is 6.10 Å². The van der Waals surface area contributed by atoms with Gasteiger partial charge in [0.2, 0.25) is 0 Å². The maximum atomic E-state index is 11.2. The van der Waals surface area contributed by atoms with Crippen LogP contribution in [0.2, 0.25) is 0 Å². The van der Waals surface area contributed by atoms with Crippen LogP contribution in [-0.4, -0.2) is 31.7 Å². The second kappa shape index (κ2) is 7.36. The van der Waals surface area contributed by atoms with Gasteiger partial charge in [-0.2, -0.15) is 5.10 Å². The van der Waals surface area contributed by atoms with Crippen LogP contribution in [0.4, 0.5) is 0 Å². The van der Waals surface area contributed by atoms with Crippen molar-refractivity contribution in [3.05, 3.63) is 74.6 Å². The van der Waals surface area contributed by atoms with Crippen molar-refractivity contribution in [2.24, 2.45) is 0 Å². The molecule has 0 amide bonds. The van der Waals surface area contributed by atoms with Crippen LogP contribution in [0.25, 0.3) is 0 Å². The van der Waals surface area contributed by atoms with Gasteiger partial charge in [-0.15, -0.1) is 11.3 Å². The van der Waals surface area contributed by atoms with E-state index in [1.807, 2.05) is 47.8 Å². The molecule has 7 heteroatoms. The van der Waals surface area contributed by atoms with Crippen molar-refractivity contribution < 1.29 is 5.11 Å². The van der Waals surface area contributed by atoms with Gasteiger partial charge in [0, 0.05) is 18.0 Å². The van der Waals surface area contributed by atoms with Crippen LogP contribution in [0.3, 0.4) is 0 Å². The number of aliphatic hydroxyl groups is 1. The van der Waals surface area contributed by atoms with Gasteiger partial charge in [0.05, 0.1) is 6.54 Å². The predicted molar refractivity (Wildman–Crippen MR) is 89.0 cm³/mol. The minimum absolute atomic E-state index is 0.321. The number of rotatable bonds is 7. The summed E-state index contributed by atoms with van der Waals surface area (Å²) in [5.41, 5.74) is 0.822. The van der Waals surface area contributed by atoms with Crippen molar-refractivity contribution in [1.29, 1.82) is 0 Å². The van der Waals surface area contributed by atoms with Crippen molar-refractivity contribution in [2.75, 3.05) is 6.54 Å². The summed E-state index contributed by atoms with van der Waals surface area (Å²) in [5, 5.41) is 18.7. The summed E-state index contributed by atoms with van der Waals surface area (Å²) in [4.78, 5) is 16.8. The molecule has 1 aromatic carbocycles. The fourth-order valence-electron chi connectivity index (χ4n) is 2.43. The molecule has 0 fully saturated rings. The van der Waals surface area contributed by atoms with Crippen LogP contribution in [0.15, 0.2) is 52.6 Å². The van der Waals surface area contributed by atoms with E-state index in [1.165, 1.54) is 11.3 Å². The molecule has 0 bridgehead atoms. The van der Waals surface area contributed by atoms with Crippen LogP contribution in [0.5, 0.6) is 0 Å². The smallest absolute Gasteiger partial charge is 0.340 e. The van der Waals surface area contributed by atoms with E-state index in [4.69, 9.17) is 0 Å². The highest BCUT2D eigenvalue weighted by Crippen LogP contribution is 2.21. The molecular formula is C16H18N4O2S. The molecule has 1 atom stereocenters. The summed E-state index contributed by atoms with van der Waals surface area (Å²) in [5.74, 6) is 0.560. The number of H-pyrrole nitrogens is 2. The van der Waals surface area contributed by atoms with Gasteiger partial charge in [0.1, 0.15) is 11.9 Å². The Hall–Kier alpha value is -2.22. The zero-order valence-corrected chi connectivity index (χ0v) is 13.3. The Bertz CT molecular complexity index is 767. The Morgan fingerprint density at radius 3 is 2.65 bits per heavy atom. The molecule has 3 rings (SSSR count). The zero-order valence-electron chi connectivity index (χ0n) is 12.5. The molecule has 3 aromatic rings. The highest BCUT2D eigenvalue weighted by atomic mass is 32.1. The molecule has 2 aromatic heterocycles. The molecule has 2 heterocycles. The Labute approximate surface area is 137 Å². The third-order valence-electron chi connectivity index (χ3n) is 3.48. The lowest BCUT2D eigenvalue weighted by molar-refractivity contribution is 0.106. The van der Waals surface area contributed by atoms with Crippen molar-refractivity contribution in [3.63, 3.8) is 0 Å². The first-order valence-electron chi connectivity index (χ1n) is 7.32. The van der Waals surface area contributed by atoms with Crippen molar-refractivity contribution in [3.8, 4) is 0 Å². The number of hydrogen-bond donors (Lipinski definition) is 3. The third kappa shape index (κ3) is 4.38. The molecule has 3 N–H and O–H groups in total. The molecule has 0 aliphatic carbocycles. The van der Waals surface area contributed by atoms with Crippen LogP contribution in [0, 0.1) is 0 Å². The van der Waals surface area contributed by atoms with E-state index in [2.05, 4.69) is 20.1 Å². The second-order valence-corrected chi connectivity index (χ2v) is 6.29. The Balaban J connectivity index is 1.73. The van der Waals surface area contributed by atoms with Gasteiger partial charge >= 0.3 is 5.69 Å². The standard InChI is InChI=1S/C16H18N4O2S/c21-13(14-7-4-8-23-14)10-20(9-12-5-2-1-3-6-12)11-15-17-16(22)19-18-15/h1-8,13,21H,9-11H2,(H2,17,18,19,22). The van der Waals surface area contributed by atoms with Gasteiger partial charge in [0.15, 0.2) is 0 Å². The zero-order chi connectivity index (χ0) is 16.1. The van der Waals surface area contributed by atoms with Gasteiger partial charge in [-0.25, -0.2) is 9.89 Å². The van der Waals surface area contributed by atoms with E-state index in [9.17, 15) is 9.90 Å². The summed E-state index contributed by atoms with van der Waals surface area (Å²) in [6.07, 6.45) is -0.565. The molecule has 0 aliphatic rings. The van der Waals surface area contributed by atoms with Crippen molar-refractivity contribution in [1.82, 2.24) is 20.1 Å². The minimum Gasteiger partial charge on any atom is -0.386 e. The lowest BCUT2D eigenvalue weighted by atomic mass is 10.2. The number of aromatic nitrogens is 3. The molecule has 1 unspecified atom stereocenters. The molecule has 0 radical (unpaired) electrons. The SMILES string of the molecule is O=c1[nH]nc(CN(Cc2ccccc2)CC(O)c2cccs2)[nH]1. The van der Waals surface area contributed by atoms with E-state index in [1.54, 1.807) is 0 Å². The first kappa shape index (κ1) is 15.7. The van der Waals surface area contributed by atoms with E-state index in [-0.39, 0.29) is 5.69 Å². The highest BCUT2D eigenvalue weighted by molar-refractivity contribution is 7.10. The Morgan fingerprint density at radius 1 is 1.17 bits per heavy atom. The fourth-order valence-corrected chi connectivity index (χ4v) is 3.14.